The lowest BCUT2D eigenvalue weighted by atomic mass is 9.95. The van der Waals surface area contributed by atoms with E-state index in [1.165, 1.54) is 10.6 Å². The fraction of sp³-hybridized carbons (Fsp3) is 0.267. The zero-order valence-corrected chi connectivity index (χ0v) is 11.6. The van der Waals surface area contributed by atoms with Crippen molar-refractivity contribution >= 4 is 20.1 Å². The third-order valence-corrected chi connectivity index (χ3v) is 4.40. The molecule has 0 saturated heterocycles. The highest BCUT2D eigenvalue weighted by atomic mass is 31.0. The normalized spacial score (nSPS) is 12.6. The quantitative estimate of drug-likeness (QED) is 0.674. The highest BCUT2D eigenvalue weighted by Gasteiger charge is 2.14. The minimum atomic E-state index is 0.275. The van der Waals surface area contributed by atoms with Crippen molar-refractivity contribution < 1.29 is 0 Å². The zero-order chi connectivity index (χ0) is 12.3. The minimum absolute atomic E-state index is 0.275. The standard InChI is InChI=1S/C15H18NP/c1-15(2,3)14-10-9-13(17-14)11-16-12-7-5-4-6-8-12/h4-11,17H,1-3H3. The molecule has 0 aliphatic rings. The van der Waals surface area contributed by atoms with Crippen LogP contribution in [0.4, 0.5) is 5.69 Å². The number of hydrogen-bond donors (Lipinski definition) is 0. The molecule has 2 heteroatoms. The average Bonchev–Trinajstić information content (AvgIpc) is 2.76. The van der Waals surface area contributed by atoms with Gasteiger partial charge in [0.1, 0.15) is 0 Å². The summed E-state index contributed by atoms with van der Waals surface area (Å²) < 4.78 is 0. The Kier molecular flexibility index (Phi) is 3.49. The van der Waals surface area contributed by atoms with Crippen molar-refractivity contribution in [3.63, 3.8) is 0 Å². The monoisotopic (exact) mass is 243 g/mol. The molecule has 0 amide bonds. The van der Waals surface area contributed by atoms with Crippen molar-refractivity contribution in [2.45, 2.75) is 26.2 Å². The Balaban J connectivity index is 2.15. The first-order valence-corrected chi connectivity index (χ1v) is 6.84. The van der Waals surface area contributed by atoms with Crippen LogP contribution < -0.4 is 0 Å². The molecule has 1 atom stereocenters. The van der Waals surface area contributed by atoms with Gasteiger partial charge in [-0.3, -0.25) is 4.99 Å². The molecular weight excluding hydrogens is 225 g/mol. The Hall–Kier alpha value is -1.33. The molecule has 0 spiro atoms. The summed E-state index contributed by atoms with van der Waals surface area (Å²) in [4.78, 5) is 4.49. The van der Waals surface area contributed by atoms with Crippen molar-refractivity contribution in [2.75, 3.05) is 0 Å². The number of hydrogen-bond acceptors (Lipinski definition) is 1. The topological polar surface area (TPSA) is 12.4 Å². The van der Waals surface area contributed by atoms with Gasteiger partial charge in [-0.15, -0.1) is 8.19 Å². The number of aliphatic imine (C=N–C) groups is 1. The molecule has 0 radical (unpaired) electrons. The van der Waals surface area contributed by atoms with Gasteiger partial charge >= 0.3 is 0 Å². The molecule has 1 nitrogen and oxygen atoms in total. The highest BCUT2D eigenvalue weighted by Crippen LogP contribution is 2.32. The fourth-order valence-electron chi connectivity index (χ4n) is 1.58. The van der Waals surface area contributed by atoms with Crippen molar-refractivity contribution in [3.8, 4) is 0 Å². The largest absolute Gasteiger partial charge is 0.256 e. The Labute approximate surface area is 105 Å². The van der Waals surface area contributed by atoms with Crippen LogP contribution in [0.25, 0.3) is 0 Å². The lowest BCUT2D eigenvalue weighted by molar-refractivity contribution is 0.604. The van der Waals surface area contributed by atoms with E-state index < -0.39 is 0 Å². The van der Waals surface area contributed by atoms with Crippen LogP contribution in [0.1, 0.15) is 31.4 Å². The summed E-state index contributed by atoms with van der Waals surface area (Å²) >= 11 is 0. The molecule has 1 aromatic carbocycles. The molecule has 1 aromatic heterocycles. The maximum Gasteiger partial charge on any atom is 0.0630 e. The van der Waals surface area contributed by atoms with Crippen LogP contribution >= 0.6 is 8.19 Å². The Morgan fingerprint density at radius 2 is 1.71 bits per heavy atom. The first-order chi connectivity index (χ1) is 8.05. The molecule has 2 rings (SSSR count). The highest BCUT2D eigenvalue weighted by molar-refractivity contribution is 7.33. The first-order valence-electron chi connectivity index (χ1n) is 5.84. The summed E-state index contributed by atoms with van der Waals surface area (Å²) in [6, 6.07) is 14.5. The van der Waals surface area contributed by atoms with E-state index in [-0.39, 0.29) is 5.41 Å². The SMILES string of the molecule is CC(C)(C)c1ccc(C=Nc2ccccc2)[pH]1. The van der Waals surface area contributed by atoms with Gasteiger partial charge in [0.25, 0.3) is 0 Å². The molecule has 0 saturated carbocycles. The average molecular weight is 243 g/mol. The van der Waals surface area contributed by atoms with Gasteiger partial charge in [-0.05, 0) is 28.9 Å². The van der Waals surface area contributed by atoms with Crippen LogP contribution in [0, 0.1) is 0 Å². The Morgan fingerprint density at radius 3 is 2.29 bits per heavy atom. The van der Waals surface area contributed by atoms with Crippen LogP contribution in [0.5, 0.6) is 0 Å². The summed E-state index contributed by atoms with van der Waals surface area (Å²) in [5.74, 6) is 0. The molecule has 0 N–H and O–H groups in total. The Morgan fingerprint density at radius 1 is 1.00 bits per heavy atom. The molecule has 17 heavy (non-hydrogen) atoms. The summed E-state index contributed by atoms with van der Waals surface area (Å²) in [6.45, 7) is 6.78. The van der Waals surface area contributed by atoms with Gasteiger partial charge in [0, 0.05) is 11.5 Å². The lowest BCUT2D eigenvalue weighted by Gasteiger charge is -2.15. The summed E-state index contributed by atoms with van der Waals surface area (Å²) in [7, 11) is 0.767. The van der Waals surface area contributed by atoms with Gasteiger partial charge in [-0.25, -0.2) is 0 Å². The minimum Gasteiger partial charge on any atom is -0.256 e. The van der Waals surface area contributed by atoms with E-state index >= 15 is 0 Å². The van der Waals surface area contributed by atoms with E-state index in [1.807, 2.05) is 36.5 Å². The molecule has 1 heterocycles. The molecule has 0 aliphatic heterocycles. The number of benzene rings is 1. The third kappa shape index (κ3) is 3.31. The third-order valence-electron chi connectivity index (χ3n) is 2.63. The van der Waals surface area contributed by atoms with E-state index in [9.17, 15) is 0 Å². The molecule has 0 aliphatic carbocycles. The van der Waals surface area contributed by atoms with Crippen molar-refractivity contribution in [1.82, 2.24) is 0 Å². The summed E-state index contributed by atoms with van der Waals surface area (Å²) in [5.41, 5.74) is 1.29. The fourth-order valence-corrected chi connectivity index (χ4v) is 2.73. The predicted octanol–water partition coefficient (Wildman–Crippen LogP) is 4.77. The van der Waals surface area contributed by atoms with Crippen LogP contribution in [0.15, 0.2) is 47.5 Å². The molecule has 0 bridgehead atoms. The predicted molar refractivity (Wildman–Crippen MR) is 78.3 cm³/mol. The molecule has 1 unspecified atom stereocenters. The summed E-state index contributed by atoms with van der Waals surface area (Å²) in [5, 5.41) is 2.82. The van der Waals surface area contributed by atoms with Crippen LogP contribution in [-0.4, -0.2) is 6.21 Å². The molecular formula is C15H18NP. The first kappa shape index (κ1) is 12.1. The van der Waals surface area contributed by atoms with Crippen LogP contribution in [0.2, 0.25) is 0 Å². The number of para-hydroxylation sites is 1. The van der Waals surface area contributed by atoms with E-state index in [1.54, 1.807) is 0 Å². The summed E-state index contributed by atoms with van der Waals surface area (Å²) in [6.07, 6.45) is 1.99. The number of nitrogens with zero attached hydrogens (tertiary/aromatic N) is 1. The lowest BCUT2D eigenvalue weighted by Crippen LogP contribution is -2.07. The Bertz CT molecular complexity index is 503. The van der Waals surface area contributed by atoms with Crippen LogP contribution in [-0.2, 0) is 5.41 Å². The van der Waals surface area contributed by atoms with Crippen LogP contribution in [0.3, 0.4) is 0 Å². The van der Waals surface area contributed by atoms with Gasteiger partial charge in [-0.1, -0.05) is 45.0 Å². The second-order valence-electron chi connectivity index (χ2n) is 5.17. The smallest absolute Gasteiger partial charge is 0.0630 e. The van der Waals surface area contributed by atoms with E-state index in [0.717, 1.165) is 13.9 Å². The second kappa shape index (κ2) is 4.89. The molecule has 0 fully saturated rings. The number of rotatable bonds is 2. The molecule has 88 valence electrons. The van der Waals surface area contributed by atoms with E-state index in [2.05, 4.69) is 37.9 Å². The second-order valence-corrected chi connectivity index (χ2v) is 6.54. The van der Waals surface area contributed by atoms with Crippen molar-refractivity contribution in [2.24, 2.45) is 4.99 Å². The van der Waals surface area contributed by atoms with Gasteiger partial charge in [0.05, 0.1) is 5.69 Å². The zero-order valence-electron chi connectivity index (χ0n) is 10.6. The van der Waals surface area contributed by atoms with Gasteiger partial charge in [0.15, 0.2) is 0 Å². The van der Waals surface area contributed by atoms with Gasteiger partial charge in [0.2, 0.25) is 0 Å². The van der Waals surface area contributed by atoms with Gasteiger partial charge in [-0.2, -0.15) is 0 Å². The van der Waals surface area contributed by atoms with Crippen molar-refractivity contribution in [3.05, 3.63) is 53.1 Å². The van der Waals surface area contributed by atoms with Crippen molar-refractivity contribution in [1.29, 1.82) is 0 Å². The molecule has 2 aromatic rings. The van der Waals surface area contributed by atoms with E-state index in [4.69, 9.17) is 0 Å². The van der Waals surface area contributed by atoms with E-state index in [0.29, 0.717) is 0 Å². The maximum atomic E-state index is 4.49. The van der Waals surface area contributed by atoms with Gasteiger partial charge < -0.3 is 0 Å². The maximum absolute atomic E-state index is 4.49.